The van der Waals surface area contributed by atoms with Gasteiger partial charge in [0.2, 0.25) is 17.7 Å². The predicted molar refractivity (Wildman–Crippen MR) is 141 cm³/mol. The van der Waals surface area contributed by atoms with Crippen molar-refractivity contribution in [3.8, 4) is 0 Å². The summed E-state index contributed by atoms with van der Waals surface area (Å²) in [5.74, 6) is -1.94. The van der Waals surface area contributed by atoms with E-state index in [1.165, 1.54) is 0 Å². The average molecular weight is 584 g/mol. The van der Waals surface area contributed by atoms with E-state index in [9.17, 15) is 55.2 Å². The van der Waals surface area contributed by atoms with E-state index in [-0.39, 0.29) is 31.1 Å². The van der Waals surface area contributed by atoms with Crippen molar-refractivity contribution < 1.29 is 60.3 Å². The molecule has 0 unspecified atom stereocenters. The molecule has 0 aliphatic rings. The number of aliphatic hydroxyl groups is 9. The van der Waals surface area contributed by atoms with Crippen LogP contribution < -0.4 is 16.0 Å². The van der Waals surface area contributed by atoms with E-state index in [0.717, 1.165) is 0 Å². The molecule has 12 N–H and O–H groups in total. The molecule has 0 bridgehead atoms. The highest BCUT2D eigenvalue weighted by Gasteiger charge is 2.32. The minimum atomic E-state index is -1.91. The molecule has 0 fully saturated rings. The first-order valence-electron chi connectivity index (χ1n) is 13.3. The summed E-state index contributed by atoms with van der Waals surface area (Å²) in [7, 11) is 0. The highest BCUT2D eigenvalue weighted by Crippen LogP contribution is 2.20. The standard InChI is InChI=1S/C25H49N3O12/c1-5-14(30)20(36)21(37)15(31)10-26-18(34)7-6-13(28-19(35)8-9-25(2,3)4)24(40)27-11-16(32)22(38)23(39)17(33)12-29/h13-17,20-23,29-33,36-39H,5-12H2,1-4H3,(H,26,34)(H,27,40)(H,28,35)/t13-,14+,15-,16-,17+,20+,21+,22+,23+/m0/s1. The Morgan fingerprint density at radius 1 is 0.675 bits per heavy atom. The number of nitrogens with one attached hydrogen (secondary N) is 3. The van der Waals surface area contributed by atoms with Gasteiger partial charge in [0.1, 0.15) is 36.6 Å². The summed E-state index contributed by atoms with van der Waals surface area (Å²) < 4.78 is 0. The van der Waals surface area contributed by atoms with Gasteiger partial charge in [-0.15, -0.1) is 0 Å². The third-order valence-electron chi connectivity index (χ3n) is 6.29. The number of carbonyl (C=O) groups excluding carboxylic acids is 3. The molecule has 0 radical (unpaired) electrons. The maximum atomic E-state index is 12.8. The number of carbonyl (C=O) groups is 3. The molecular weight excluding hydrogens is 534 g/mol. The molecule has 0 spiro atoms. The van der Waals surface area contributed by atoms with Gasteiger partial charge in [-0.1, -0.05) is 27.7 Å². The molecule has 0 saturated heterocycles. The van der Waals surface area contributed by atoms with Gasteiger partial charge in [0.15, 0.2) is 0 Å². The van der Waals surface area contributed by atoms with E-state index < -0.39 is 92.3 Å². The summed E-state index contributed by atoms with van der Waals surface area (Å²) in [6.07, 6.45) is -13.3. The first-order valence-corrected chi connectivity index (χ1v) is 13.3. The fraction of sp³-hybridized carbons (Fsp3) is 0.880. The van der Waals surface area contributed by atoms with Crippen LogP contribution in [0.15, 0.2) is 0 Å². The minimum Gasteiger partial charge on any atom is -0.394 e. The third-order valence-corrected chi connectivity index (χ3v) is 6.29. The Hall–Kier alpha value is -1.95. The summed E-state index contributed by atoms with van der Waals surface area (Å²) in [5.41, 5.74) is -0.165. The van der Waals surface area contributed by atoms with Crippen LogP contribution in [0.1, 0.15) is 59.8 Å². The Morgan fingerprint density at radius 2 is 1.15 bits per heavy atom. The molecule has 15 heteroatoms. The second kappa shape index (κ2) is 18.5. The molecule has 0 aromatic carbocycles. The summed E-state index contributed by atoms with van der Waals surface area (Å²) in [6, 6.07) is -1.24. The lowest BCUT2D eigenvalue weighted by Crippen LogP contribution is -2.53. The van der Waals surface area contributed by atoms with Crippen LogP contribution >= 0.6 is 0 Å². The van der Waals surface area contributed by atoms with Crippen LogP contribution in [0.3, 0.4) is 0 Å². The fourth-order valence-electron chi connectivity index (χ4n) is 3.44. The largest absolute Gasteiger partial charge is 0.394 e. The van der Waals surface area contributed by atoms with E-state index in [1.54, 1.807) is 6.92 Å². The lowest BCUT2D eigenvalue weighted by molar-refractivity contribution is -0.132. The Bertz CT molecular complexity index is 766. The van der Waals surface area contributed by atoms with Crippen molar-refractivity contribution in [2.45, 2.75) is 115 Å². The van der Waals surface area contributed by atoms with Gasteiger partial charge >= 0.3 is 0 Å². The summed E-state index contributed by atoms with van der Waals surface area (Å²) in [6.45, 7) is 5.42. The second-order valence-electron chi connectivity index (χ2n) is 11.1. The number of aliphatic hydroxyl groups excluding tert-OH is 9. The van der Waals surface area contributed by atoms with Gasteiger partial charge in [0, 0.05) is 25.9 Å². The Labute approximate surface area is 234 Å². The maximum absolute atomic E-state index is 12.8. The van der Waals surface area contributed by atoms with Crippen molar-refractivity contribution in [2.75, 3.05) is 19.7 Å². The molecule has 0 rings (SSSR count). The Morgan fingerprint density at radius 3 is 1.62 bits per heavy atom. The van der Waals surface area contributed by atoms with Crippen LogP contribution in [0, 0.1) is 5.41 Å². The van der Waals surface area contributed by atoms with E-state index in [1.807, 2.05) is 20.8 Å². The lowest BCUT2D eigenvalue weighted by Gasteiger charge is -2.27. The molecule has 0 aliphatic carbocycles. The van der Waals surface area contributed by atoms with Gasteiger partial charge in [-0.2, -0.15) is 0 Å². The Balaban J connectivity index is 5.15. The number of hydrogen-bond acceptors (Lipinski definition) is 12. The SMILES string of the molecule is CC[C@@H](O)[C@@H](O)[C@H](O)[C@@H](O)CNC(=O)CC[C@H](NC(=O)CCC(C)(C)C)C(=O)NC[C@H](O)[C@@H](O)[C@H](O)[C@H](O)CO. The van der Waals surface area contributed by atoms with Crippen molar-refractivity contribution in [1.29, 1.82) is 0 Å². The maximum Gasteiger partial charge on any atom is 0.242 e. The van der Waals surface area contributed by atoms with Crippen molar-refractivity contribution in [2.24, 2.45) is 5.41 Å². The smallest absolute Gasteiger partial charge is 0.242 e. The fourth-order valence-corrected chi connectivity index (χ4v) is 3.44. The zero-order valence-corrected chi connectivity index (χ0v) is 23.6. The van der Waals surface area contributed by atoms with Crippen molar-refractivity contribution in [3.63, 3.8) is 0 Å². The van der Waals surface area contributed by atoms with Crippen LogP contribution in [0.4, 0.5) is 0 Å². The molecule has 0 aromatic heterocycles. The van der Waals surface area contributed by atoms with Crippen LogP contribution in [-0.4, -0.2) is 138 Å². The number of rotatable bonds is 19. The molecule has 0 saturated carbocycles. The highest BCUT2D eigenvalue weighted by molar-refractivity contribution is 5.88. The van der Waals surface area contributed by atoms with Gasteiger partial charge in [-0.25, -0.2) is 0 Å². The van der Waals surface area contributed by atoms with Gasteiger partial charge in [0.25, 0.3) is 0 Å². The molecule has 3 amide bonds. The summed E-state index contributed by atoms with van der Waals surface area (Å²) in [4.78, 5) is 37.5. The second-order valence-corrected chi connectivity index (χ2v) is 11.1. The molecule has 236 valence electrons. The minimum absolute atomic E-state index is 0.0854. The first kappa shape index (κ1) is 38.0. The lowest BCUT2D eigenvalue weighted by atomic mass is 9.90. The van der Waals surface area contributed by atoms with Crippen molar-refractivity contribution in [1.82, 2.24) is 16.0 Å². The van der Waals surface area contributed by atoms with Gasteiger partial charge in [-0.05, 0) is 24.7 Å². The normalized spacial score (nSPS) is 18.8. The first-order chi connectivity index (χ1) is 18.4. The van der Waals surface area contributed by atoms with Gasteiger partial charge < -0.3 is 61.9 Å². The zero-order valence-electron chi connectivity index (χ0n) is 23.6. The molecule has 40 heavy (non-hydrogen) atoms. The topological polar surface area (TPSA) is 269 Å². The van der Waals surface area contributed by atoms with Crippen molar-refractivity contribution >= 4 is 17.7 Å². The van der Waals surface area contributed by atoms with Gasteiger partial charge in [0.05, 0.1) is 24.9 Å². The van der Waals surface area contributed by atoms with Crippen molar-refractivity contribution in [3.05, 3.63) is 0 Å². The van der Waals surface area contributed by atoms with Crippen LogP contribution in [-0.2, 0) is 14.4 Å². The van der Waals surface area contributed by atoms with E-state index in [4.69, 9.17) is 5.11 Å². The Kier molecular flexibility index (Phi) is 17.6. The average Bonchev–Trinajstić information content (AvgIpc) is 2.92. The molecule has 9 atom stereocenters. The van der Waals surface area contributed by atoms with Crippen LogP contribution in [0.25, 0.3) is 0 Å². The number of amides is 3. The van der Waals surface area contributed by atoms with E-state index >= 15 is 0 Å². The van der Waals surface area contributed by atoms with Crippen LogP contribution in [0.5, 0.6) is 0 Å². The van der Waals surface area contributed by atoms with Crippen LogP contribution in [0.2, 0.25) is 0 Å². The number of hydrogen-bond donors (Lipinski definition) is 12. The molecule has 0 heterocycles. The monoisotopic (exact) mass is 583 g/mol. The molecule has 0 aromatic rings. The molecule has 0 aliphatic heterocycles. The predicted octanol–water partition coefficient (Wildman–Crippen LogP) is -4.40. The molecule has 15 nitrogen and oxygen atoms in total. The van der Waals surface area contributed by atoms with Gasteiger partial charge in [-0.3, -0.25) is 14.4 Å². The summed E-state index contributed by atoms with van der Waals surface area (Å²) >= 11 is 0. The zero-order chi connectivity index (χ0) is 31.2. The summed E-state index contributed by atoms with van der Waals surface area (Å²) in [5, 5.41) is 94.4. The van der Waals surface area contributed by atoms with E-state index in [0.29, 0.717) is 6.42 Å². The highest BCUT2D eigenvalue weighted by atomic mass is 16.4. The quantitative estimate of drug-likeness (QED) is 0.0687. The van der Waals surface area contributed by atoms with E-state index in [2.05, 4.69) is 16.0 Å². The molecular formula is C25H49N3O12. The third kappa shape index (κ3) is 14.6.